The number of aromatic nitrogens is 3. The van der Waals surface area contributed by atoms with E-state index in [0.29, 0.717) is 48.8 Å². The van der Waals surface area contributed by atoms with E-state index in [1.54, 1.807) is 23.6 Å². The standard InChI is InChI=1S/C26H28N8O3S3/c27-14-3-1-2-4-15(14)30-26-31-16-10-28-24(36)20(16)23(33-26)32-18-11-29-25(39-18)13-12-38-22-17(35)9-19(40-21(13)22)34-5-7-37-8-6-34/h9,11-12,14-15H,1-8,10,27H2,(H,28,36)(H2,30,31,32,33)/p+1/t14-,15+/m1/s1. The van der Waals surface area contributed by atoms with E-state index < -0.39 is 0 Å². The number of amides is 1. The summed E-state index contributed by atoms with van der Waals surface area (Å²) in [5.74, 6) is 0.779. The van der Waals surface area contributed by atoms with Crippen LogP contribution < -0.4 is 32.0 Å². The van der Waals surface area contributed by atoms with E-state index in [1.807, 2.05) is 5.38 Å². The monoisotopic (exact) mass is 597 g/mol. The molecule has 3 aliphatic rings. The van der Waals surface area contributed by atoms with Gasteiger partial charge in [-0.05, 0) is 12.8 Å². The van der Waals surface area contributed by atoms with Crippen LogP contribution in [0, 0.1) is 0 Å². The third-order valence-corrected chi connectivity index (χ3v) is 10.9. The maximum Gasteiger partial charge on any atom is 0.257 e. The number of thiazole rings is 1. The lowest BCUT2D eigenvalue weighted by atomic mass is 9.91. The number of nitrogens with one attached hydrogen (secondary N) is 3. The Labute approximate surface area is 241 Å². The highest BCUT2D eigenvalue weighted by atomic mass is 32.1. The lowest BCUT2D eigenvalue weighted by molar-refractivity contribution is -0.427. The van der Waals surface area contributed by atoms with Crippen molar-refractivity contribution in [3.05, 3.63) is 39.1 Å². The van der Waals surface area contributed by atoms with Crippen molar-refractivity contribution in [3.8, 4) is 10.6 Å². The molecule has 6 N–H and O–H groups in total. The van der Waals surface area contributed by atoms with E-state index in [1.165, 1.54) is 29.1 Å². The maximum atomic E-state index is 12.9. The summed E-state index contributed by atoms with van der Waals surface area (Å²) in [4.78, 5) is 41.8. The molecule has 0 spiro atoms. The number of anilines is 4. The first kappa shape index (κ1) is 25.8. The molecule has 6 heterocycles. The first-order valence-corrected chi connectivity index (χ1v) is 15.9. The highest BCUT2D eigenvalue weighted by Gasteiger charge is 2.30. The summed E-state index contributed by atoms with van der Waals surface area (Å²) >= 11 is 4.55. The van der Waals surface area contributed by atoms with Crippen LogP contribution in [0.4, 0.5) is 21.8 Å². The second-order valence-corrected chi connectivity index (χ2v) is 13.1. The first-order chi connectivity index (χ1) is 19.5. The maximum absolute atomic E-state index is 12.9. The minimum Gasteiger partial charge on any atom is -0.378 e. The lowest BCUT2D eigenvalue weighted by Gasteiger charge is -2.28. The van der Waals surface area contributed by atoms with Gasteiger partial charge in [0, 0.05) is 36.5 Å². The van der Waals surface area contributed by atoms with Crippen molar-refractivity contribution < 1.29 is 15.3 Å². The van der Waals surface area contributed by atoms with Gasteiger partial charge in [0.2, 0.25) is 5.95 Å². The number of thiophene rings is 1. The quantitative estimate of drug-likeness (QED) is 0.263. The lowest BCUT2D eigenvalue weighted by Crippen LogP contribution is -2.68. The number of hydrogen-bond acceptors (Lipinski definition) is 12. The summed E-state index contributed by atoms with van der Waals surface area (Å²) in [6.07, 6.45) is 6.21. The number of fused-ring (bicyclic) bond motifs is 2. The molecule has 2 fully saturated rings. The molecule has 7 rings (SSSR count). The van der Waals surface area contributed by atoms with Crippen LogP contribution in [0.5, 0.6) is 0 Å². The second-order valence-electron chi connectivity index (χ2n) is 10.2. The number of morpholine rings is 1. The van der Waals surface area contributed by atoms with E-state index in [-0.39, 0.29) is 17.4 Å². The summed E-state index contributed by atoms with van der Waals surface area (Å²) in [5.41, 5.74) is 6.42. The SMILES string of the molecule is [NH3+][C@@H]1CCCC[C@@H]1Nc1nc2c(c(Nc3cnc(-c4csc5c(=O)cc(N6CCOCC6)sc45)s3)n1)C(=O)NC2. The molecule has 1 saturated heterocycles. The largest absolute Gasteiger partial charge is 0.378 e. The van der Waals surface area contributed by atoms with Gasteiger partial charge in [-0.25, -0.2) is 9.97 Å². The van der Waals surface area contributed by atoms with E-state index in [0.717, 1.165) is 62.3 Å². The van der Waals surface area contributed by atoms with Gasteiger partial charge in [-0.15, -0.1) is 22.7 Å². The number of ether oxygens (including phenoxy) is 1. The molecule has 1 saturated carbocycles. The molecule has 11 nitrogen and oxygen atoms in total. The van der Waals surface area contributed by atoms with Gasteiger partial charge >= 0.3 is 0 Å². The third kappa shape index (κ3) is 4.83. The van der Waals surface area contributed by atoms with Crippen LogP contribution in [-0.2, 0) is 11.3 Å². The van der Waals surface area contributed by atoms with Crippen molar-refractivity contribution in [2.45, 2.75) is 44.3 Å². The molecule has 0 unspecified atom stereocenters. The number of quaternary nitrogens is 1. The van der Waals surface area contributed by atoms with Crippen molar-refractivity contribution in [1.82, 2.24) is 20.3 Å². The Balaban J connectivity index is 1.19. The molecule has 1 aliphatic carbocycles. The van der Waals surface area contributed by atoms with Crippen molar-refractivity contribution >= 4 is 71.1 Å². The second kappa shape index (κ2) is 10.7. The third-order valence-electron chi connectivity index (χ3n) is 7.58. The number of carbonyl (C=O) groups is 1. The molecule has 2 atom stereocenters. The van der Waals surface area contributed by atoms with Crippen molar-refractivity contribution in [2.24, 2.45) is 0 Å². The van der Waals surface area contributed by atoms with E-state index in [2.05, 4.69) is 36.6 Å². The highest BCUT2D eigenvalue weighted by molar-refractivity contribution is 7.29. The molecule has 0 radical (unpaired) electrons. The summed E-state index contributed by atoms with van der Waals surface area (Å²) in [6.45, 7) is 3.25. The molecule has 0 bridgehead atoms. The molecular weight excluding hydrogens is 569 g/mol. The zero-order valence-corrected chi connectivity index (χ0v) is 24.1. The minimum absolute atomic E-state index is 0.0338. The van der Waals surface area contributed by atoms with Crippen molar-refractivity contribution in [1.29, 1.82) is 0 Å². The Morgan fingerprint density at radius 3 is 2.80 bits per heavy atom. The molecule has 4 aromatic heterocycles. The first-order valence-electron chi connectivity index (χ1n) is 13.4. The van der Waals surface area contributed by atoms with Gasteiger partial charge in [0.15, 0.2) is 5.43 Å². The number of carbonyl (C=O) groups excluding carboxylic acids is 1. The van der Waals surface area contributed by atoms with Crippen LogP contribution in [0.3, 0.4) is 0 Å². The van der Waals surface area contributed by atoms with Crippen LogP contribution in [0.25, 0.3) is 20.0 Å². The van der Waals surface area contributed by atoms with Crippen molar-refractivity contribution in [3.63, 3.8) is 0 Å². The summed E-state index contributed by atoms with van der Waals surface area (Å²) in [7, 11) is 0. The fourth-order valence-electron chi connectivity index (χ4n) is 5.44. The summed E-state index contributed by atoms with van der Waals surface area (Å²) in [5, 5.41) is 14.2. The molecule has 14 heteroatoms. The van der Waals surface area contributed by atoms with Crippen LogP contribution in [0.1, 0.15) is 41.7 Å². The Kier molecular flexibility index (Phi) is 6.87. The number of hydrogen-bond donors (Lipinski definition) is 4. The van der Waals surface area contributed by atoms with Gasteiger partial charge in [0.25, 0.3) is 5.91 Å². The Morgan fingerprint density at radius 2 is 1.95 bits per heavy atom. The van der Waals surface area contributed by atoms with Gasteiger partial charge in [-0.1, -0.05) is 17.8 Å². The topological polar surface area (TPSA) is 149 Å². The molecule has 2 aliphatic heterocycles. The molecule has 208 valence electrons. The molecule has 40 heavy (non-hydrogen) atoms. The molecular formula is C26H29N8O3S3+. The highest BCUT2D eigenvalue weighted by Crippen LogP contribution is 2.41. The zero-order chi connectivity index (χ0) is 27.2. The fourth-order valence-corrected chi connectivity index (χ4v) is 8.76. The normalized spacial score (nSPS) is 20.9. The van der Waals surface area contributed by atoms with Gasteiger partial charge in [0.1, 0.15) is 27.4 Å². The number of rotatable bonds is 6. The van der Waals surface area contributed by atoms with E-state index in [9.17, 15) is 9.59 Å². The predicted molar refractivity (Wildman–Crippen MR) is 159 cm³/mol. The van der Waals surface area contributed by atoms with Gasteiger partial charge in [-0.2, -0.15) is 4.98 Å². The van der Waals surface area contributed by atoms with E-state index in [4.69, 9.17) is 9.72 Å². The predicted octanol–water partition coefficient (Wildman–Crippen LogP) is 3.03. The average Bonchev–Trinajstić information content (AvgIpc) is 3.69. The molecule has 4 aromatic rings. The van der Waals surface area contributed by atoms with Crippen LogP contribution in [0.2, 0.25) is 0 Å². The van der Waals surface area contributed by atoms with Crippen LogP contribution >= 0.6 is 34.0 Å². The summed E-state index contributed by atoms with van der Waals surface area (Å²) < 4.78 is 7.18. The smallest absolute Gasteiger partial charge is 0.257 e. The van der Waals surface area contributed by atoms with Crippen LogP contribution in [-0.4, -0.2) is 59.2 Å². The summed E-state index contributed by atoms with van der Waals surface area (Å²) in [6, 6.07) is 2.25. The molecule has 1 amide bonds. The Hall–Kier alpha value is -3.17. The minimum atomic E-state index is -0.189. The number of nitrogens with zero attached hydrogens (tertiary/aromatic N) is 4. The average molecular weight is 598 g/mol. The Morgan fingerprint density at radius 1 is 1.10 bits per heavy atom. The van der Waals surface area contributed by atoms with Gasteiger partial charge in [-0.3, -0.25) is 9.59 Å². The van der Waals surface area contributed by atoms with Crippen LogP contribution in [0.15, 0.2) is 22.4 Å². The fraction of sp³-hybridized carbons (Fsp3) is 0.423. The van der Waals surface area contributed by atoms with E-state index >= 15 is 0 Å². The van der Waals surface area contributed by atoms with Gasteiger partial charge in [0.05, 0.1) is 52.1 Å². The zero-order valence-electron chi connectivity index (χ0n) is 21.7. The van der Waals surface area contributed by atoms with Crippen molar-refractivity contribution in [2.75, 3.05) is 41.8 Å². The van der Waals surface area contributed by atoms with Gasteiger partial charge < -0.3 is 31.3 Å². The molecule has 0 aromatic carbocycles. The Bertz CT molecular complexity index is 1640.